The zero-order chi connectivity index (χ0) is 23.4. The third-order valence-electron chi connectivity index (χ3n) is 6.08. The summed E-state index contributed by atoms with van der Waals surface area (Å²) >= 11 is 0. The third-order valence-corrected chi connectivity index (χ3v) is 6.08. The average Bonchev–Trinajstić information content (AvgIpc) is 3.11. The standard InChI is InChI=1S/C23H25N3O6.Na/c1-4-23(32,22(30)31)16-8-18-20-12(9-26(18)21(29)15(16)11-27)7-13-14(10-25(2)3)19(28)6-5-17(13)24-20;/h5-8,27-28,32H,4,9-11H2,1-3H3,(H,30,31);/t23-;/m0./s1. The van der Waals surface area contributed by atoms with Gasteiger partial charge in [0.05, 0.1) is 30.1 Å². The van der Waals surface area contributed by atoms with E-state index in [1.807, 2.05) is 25.1 Å². The molecule has 0 spiro atoms. The van der Waals surface area contributed by atoms with Gasteiger partial charge >= 0.3 is 5.97 Å². The molecule has 3 aromatic rings. The van der Waals surface area contributed by atoms with Crippen LogP contribution in [0.2, 0.25) is 0 Å². The first kappa shape index (κ1) is 25.4. The normalized spacial score (nSPS) is 14.0. The number of aliphatic carboxylic acids is 1. The van der Waals surface area contributed by atoms with E-state index in [-0.39, 0.29) is 59.4 Å². The molecule has 1 atom stereocenters. The maximum atomic E-state index is 13.2. The zero-order valence-electron chi connectivity index (χ0n) is 19.1. The molecule has 10 heteroatoms. The number of aromatic hydroxyl groups is 1. The number of aliphatic hydroxyl groups is 2. The number of nitrogens with zero attached hydrogens (tertiary/aromatic N) is 3. The SMILES string of the molecule is CC[C@@](O)(C(=O)O)c1cc2n(c(=O)c1CO)Cc1cc3c(CN(C)C)c(O)ccc3nc1-2.[Na]. The smallest absolute Gasteiger partial charge is 0.340 e. The minimum absolute atomic E-state index is 0. The van der Waals surface area contributed by atoms with Crippen LogP contribution in [0.1, 0.15) is 35.6 Å². The van der Waals surface area contributed by atoms with Crippen molar-refractivity contribution in [3.8, 4) is 17.1 Å². The van der Waals surface area contributed by atoms with Gasteiger partial charge in [0.15, 0.2) is 5.60 Å². The van der Waals surface area contributed by atoms with Gasteiger partial charge in [-0.1, -0.05) is 6.92 Å². The molecule has 0 amide bonds. The summed E-state index contributed by atoms with van der Waals surface area (Å²) in [6.07, 6.45) is -0.177. The van der Waals surface area contributed by atoms with E-state index in [0.717, 1.165) is 10.9 Å². The third kappa shape index (κ3) is 3.99. The van der Waals surface area contributed by atoms with Gasteiger partial charge in [-0.15, -0.1) is 0 Å². The second-order valence-corrected chi connectivity index (χ2v) is 8.35. The molecule has 0 unspecified atom stereocenters. The molecule has 9 nitrogen and oxygen atoms in total. The number of phenolic OH excluding ortho intramolecular Hbond substituents is 1. The van der Waals surface area contributed by atoms with Crippen molar-refractivity contribution in [3.05, 3.63) is 56.9 Å². The Balaban J connectivity index is 0.00000306. The number of rotatable bonds is 6. The molecule has 2 aromatic heterocycles. The van der Waals surface area contributed by atoms with Crippen molar-refractivity contribution in [1.29, 1.82) is 0 Å². The first-order valence-corrected chi connectivity index (χ1v) is 10.3. The van der Waals surface area contributed by atoms with E-state index in [1.54, 1.807) is 12.1 Å². The van der Waals surface area contributed by atoms with Crippen LogP contribution in [0.15, 0.2) is 29.1 Å². The fraction of sp³-hybridized carbons (Fsp3) is 0.348. The molecule has 4 N–H and O–H groups in total. The van der Waals surface area contributed by atoms with Crippen LogP contribution in [-0.4, -0.2) is 84.5 Å². The molecule has 0 saturated heterocycles. The van der Waals surface area contributed by atoms with Gasteiger partial charge in [-0.3, -0.25) is 4.79 Å². The number of benzene rings is 1. The first-order valence-electron chi connectivity index (χ1n) is 10.3. The van der Waals surface area contributed by atoms with Crippen molar-refractivity contribution < 1.29 is 25.2 Å². The molecule has 0 saturated carbocycles. The van der Waals surface area contributed by atoms with E-state index in [0.29, 0.717) is 29.0 Å². The molecule has 1 aromatic carbocycles. The monoisotopic (exact) mass is 462 g/mol. The van der Waals surface area contributed by atoms with E-state index in [9.17, 15) is 30.0 Å². The van der Waals surface area contributed by atoms with Crippen LogP contribution in [-0.2, 0) is 30.1 Å². The average molecular weight is 462 g/mol. The topological polar surface area (TPSA) is 136 Å². The van der Waals surface area contributed by atoms with Gasteiger partial charge in [-0.05, 0) is 44.8 Å². The minimum atomic E-state index is -2.31. The number of fused-ring (bicyclic) bond motifs is 4. The summed E-state index contributed by atoms with van der Waals surface area (Å²) in [6.45, 7) is 1.49. The van der Waals surface area contributed by atoms with Gasteiger partial charge in [0.25, 0.3) is 5.56 Å². The van der Waals surface area contributed by atoms with Crippen molar-refractivity contribution in [2.45, 2.75) is 38.6 Å². The van der Waals surface area contributed by atoms with Crippen molar-refractivity contribution in [2.24, 2.45) is 0 Å². The Morgan fingerprint density at radius 2 is 1.94 bits per heavy atom. The van der Waals surface area contributed by atoms with Crippen LogP contribution >= 0.6 is 0 Å². The van der Waals surface area contributed by atoms with E-state index in [4.69, 9.17) is 4.98 Å². The summed E-state index contributed by atoms with van der Waals surface area (Å²) in [6, 6.07) is 6.58. The van der Waals surface area contributed by atoms with Gasteiger partial charge in [-0.25, -0.2) is 9.78 Å². The Morgan fingerprint density at radius 1 is 1.24 bits per heavy atom. The number of carbonyl (C=O) groups is 1. The number of carboxylic acids is 1. The summed E-state index contributed by atoms with van der Waals surface area (Å²) in [5.74, 6) is -1.34. The molecule has 0 fully saturated rings. The Morgan fingerprint density at radius 3 is 2.52 bits per heavy atom. The van der Waals surface area contributed by atoms with Crippen LogP contribution < -0.4 is 5.56 Å². The van der Waals surface area contributed by atoms with Crippen molar-refractivity contribution in [3.63, 3.8) is 0 Å². The Labute approximate surface area is 212 Å². The number of aromatic nitrogens is 2. The second kappa shape index (κ2) is 9.17. The van der Waals surface area contributed by atoms with Crippen LogP contribution in [0.3, 0.4) is 0 Å². The minimum Gasteiger partial charge on any atom is -0.508 e. The van der Waals surface area contributed by atoms with Crippen molar-refractivity contribution >= 4 is 46.4 Å². The van der Waals surface area contributed by atoms with Crippen LogP contribution in [0.5, 0.6) is 5.75 Å². The predicted octanol–water partition coefficient (Wildman–Crippen LogP) is 0.986. The largest absolute Gasteiger partial charge is 0.508 e. The summed E-state index contributed by atoms with van der Waals surface area (Å²) in [4.78, 5) is 31.6. The zero-order valence-corrected chi connectivity index (χ0v) is 21.1. The van der Waals surface area contributed by atoms with Gasteiger partial charge in [-0.2, -0.15) is 0 Å². The molecule has 3 heterocycles. The number of phenols is 1. The fourth-order valence-corrected chi connectivity index (χ4v) is 4.35. The van der Waals surface area contributed by atoms with Gasteiger partial charge in [0, 0.05) is 63.7 Å². The van der Waals surface area contributed by atoms with Gasteiger partial charge in [0.2, 0.25) is 0 Å². The molecule has 169 valence electrons. The Kier molecular flexibility index (Phi) is 7.05. The number of carboxylic acid groups (broad SMARTS) is 1. The fourth-order valence-electron chi connectivity index (χ4n) is 4.35. The van der Waals surface area contributed by atoms with Gasteiger partial charge in [0.1, 0.15) is 5.75 Å². The van der Waals surface area contributed by atoms with Crippen molar-refractivity contribution in [1.82, 2.24) is 14.5 Å². The predicted molar refractivity (Wildman–Crippen MR) is 123 cm³/mol. The molecule has 1 aliphatic rings. The quantitative estimate of drug-likeness (QED) is 0.312. The van der Waals surface area contributed by atoms with Crippen LogP contribution in [0.4, 0.5) is 0 Å². The molecule has 0 bridgehead atoms. The van der Waals surface area contributed by atoms with E-state index in [1.165, 1.54) is 17.6 Å². The first-order chi connectivity index (χ1) is 15.1. The molecule has 1 radical (unpaired) electrons. The summed E-state index contributed by atoms with van der Waals surface area (Å²) in [7, 11) is 3.79. The van der Waals surface area contributed by atoms with Crippen molar-refractivity contribution in [2.75, 3.05) is 14.1 Å². The maximum absolute atomic E-state index is 13.2. The Hall–Kier alpha value is -2.27. The van der Waals surface area contributed by atoms with E-state index in [2.05, 4.69) is 0 Å². The van der Waals surface area contributed by atoms with Gasteiger partial charge < -0.3 is 29.9 Å². The molecule has 0 aliphatic carbocycles. The van der Waals surface area contributed by atoms with E-state index < -0.39 is 23.7 Å². The molecular weight excluding hydrogens is 437 g/mol. The number of aliphatic hydroxyl groups excluding tert-OH is 1. The number of pyridine rings is 2. The second-order valence-electron chi connectivity index (χ2n) is 8.35. The molecule has 1 aliphatic heterocycles. The Bertz CT molecular complexity index is 1320. The maximum Gasteiger partial charge on any atom is 0.340 e. The van der Waals surface area contributed by atoms with Crippen LogP contribution in [0, 0.1) is 0 Å². The summed E-state index contributed by atoms with van der Waals surface area (Å²) < 4.78 is 1.43. The number of hydrogen-bond acceptors (Lipinski definition) is 7. The molecule has 4 rings (SSSR count). The summed E-state index contributed by atoms with van der Waals surface area (Å²) in [5.41, 5.74) is -0.186. The molecule has 33 heavy (non-hydrogen) atoms. The molecular formula is C23H25N3NaO6. The summed E-state index contributed by atoms with van der Waals surface area (Å²) in [5, 5.41) is 41.4. The van der Waals surface area contributed by atoms with E-state index >= 15 is 0 Å². The number of hydrogen-bond donors (Lipinski definition) is 4. The van der Waals surface area contributed by atoms with Crippen LogP contribution in [0.25, 0.3) is 22.3 Å².